The molecule has 5 aliphatic rings. The maximum atomic E-state index is 15.3. The van der Waals surface area contributed by atoms with Crippen molar-refractivity contribution in [3.8, 4) is 0 Å². The fourth-order valence-electron chi connectivity index (χ4n) is 7.51. The summed E-state index contributed by atoms with van der Waals surface area (Å²) in [6, 6.07) is 0. The van der Waals surface area contributed by atoms with Gasteiger partial charge in [0.05, 0.1) is 0 Å². The van der Waals surface area contributed by atoms with Gasteiger partial charge in [0, 0.05) is 11.8 Å². The van der Waals surface area contributed by atoms with E-state index in [1.165, 1.54) is 25.7 Å². The lowest BCUT2D eigenvalue weighted by Gasteiger charge is -2.57. The molecule has 0 spiro atoms. The SMILES string of the molecule is CC1CC(F)(C2CC3CC2C2C4CCC(C4)C32)C1(F)S. The molecule has 0 radical (unpaired) electrons. The van der Waals surface area contributed by atoms with Crippen LogP contribution in [0.3, 0.4) is 0 Å². The molecule has 0 aromatic carbocycles. The lowest BCUT2D eigenvalue weighted by Crippen LogP contribution is -2.65. The molecule has 0 amide bonds. The van der Waals surface area contributed by atoms with Crippen molar-refractivity contribution in [1.29, 1.82) is 0 Å². The van der Waals surface area contributed by atoms with Crippen molar-refractivity contribution in [2.75, 3.05) is 0 Å². The maximum absolute atomic E-state index is 15.3. The number of hydrogen-bond acceptors (Lipinski definition) is 1. The molecule has 5 aliphatic carbocycles. The van der Waals surface area contributed by atoms with Crippen LogP contribution in [0.15, 0.2) is 0 Å². The van der Waals surface area contributed by atoms with Gasteiger partial charge in [0.1, 0.15) is 0 Å². The van der Waals surface area contributed by atoms with Crippen LogP contribution in [0, 0.1) is 47.3 Å². The van der Waals surface area contributed by atoms with Gasteiger partial charge in [-0.25, -0.2) is 8.78 Å². The Morgan fingerprint density at radius 3 is 2.30 bits per heavy atom. The Bertz CT molecular complexity index is 464. The summed E-state index contributed by atoms with van der Waals surface area (Å²) in [5, 5.41) is -1.88. The van der Waals surface area contributed by atoms with Crippen LogP contribution in [0.1, 0.15) is 45.4 Å². The molecule has 5 saturated carbocycles. The molecule has 4 bridgehead atoms. The number of hydrogen-bond donors (Lipinski definition) is 1. The predicted molar refractivity (Wildman–Crippen MR) is 78.0 cm³/mol. The minimum Gasteiger partial charge on any atom is -0.239 e. The third kappa shape index (κ3) is 1.19. The Kier molecular flexibility index (Phi) is 2.27. The van der Waals surface area contributed by atoms with Crippen LogP contribution in [-0.2, 0) is 0 Å². The van der Waals surface area contributed by atoms with Gasteiger partial charge in [0.2, 0.25) is 0 Å². The summed E-state index contributed by atoms with van der Waals surface area (Å²) in [6.07, 6.45) is 6.70. The largest absolute Gasteiger partial charge is 0.239 e. The summed E-state index contributed by atoms with van der Waals surface area (Å²) in [4.78, 5) is 0. The molecule has 0 aromatic rings. The topological polar surface area (TPSA) is 0 Å². The zero-order valence-electron chi connectivity index (χ0n) is 12.1. The van der Waals surface area contributed by atoms with Gasteiger partial charge in [-0.3, -0.25) is 0 Å². The van der Waals surface area contributed by atoms with E-state index in [9.17, 15) is 4.39 Å². The standard InChI is InChI=1S/C17H24F2S/c1-8-7-16(18,17(8,19)20)13-6-11-5-12(13)15-10-3-2-9(4-10)14(11)15/h8-15,20H,2-7H2,1H3. The van der Waals surface area contributed by atoms with Gasteiger partial charge < -0.3 is 0 Å². The molecule has 0 aromatic heterocycles. The van der Waals surface area contributed by atoms with E-state index in [1.54, 1.807) is 6.92 Å². The van der Waals surface area contributed by atoms with E-state index in [2.05, 4.69) is 12.6 Å². The van der Waals surface area contributed by atoms with E-state index < -0.39 is 10.7 Å². The quantitative estimate of drug-likeness (QED) is 0.529. The van der Waals surface area contributed by atoms with Gasteiger partial charge in [0.15, 0.2) is 10.7 Å². The molecule has 0 aliphatic heterocycles. The van der Waals surface area contributed by atoms with E-state index in [-0.39, 0.29) is 11.8 Å². The first-order valence-corrected chi connectivity index (χ1v) is 8.98. The van der Waals surface area contributed by atoms with Crippen LogP contribution >= 0.6 is 12.6 Å². The van der Waals surface area contributed by atoms with Crippen LogP contribution in [0.4, 0.5) is 8.78 Å². The van der Waals surface area contributed by atoms with Crippen LogP contribution in [0.2, 0.25) is 0 Å². The van der Waals surface area contributed by atoms with Crippen LogP contribution in [0.25, 0.3) is 0 Å². The minimum absolute atomic E-state index is 0.0354. The Labute approximate surface area is 125 Å². The molecular formula is C17H24F2S. The normalized spacial score (nSPS) is 70.2. The predicted octanol–water partition coefficient (Wildman–Crippen LogP) is 4.65. The van der Waals surface area contributed by atoms with E-state index in [4.69, 9.17) is 0 Å². The van der Waals surface area contributed by atoms with Crippen molar-refractivity contribution in [3.05, 3.63) is 0 Å². The smallest absolute Gasteiger partial charge is 0.190 e. The molecular weight excluding hydrogens is 274 g/mol. The molecule has 0 N–H and O–H groups in total. The average Bonchev–Trinajstić information content (AvgIpc) is 3.16. The summed E-state index contributed by atoms with van der Waals surface area (Å²) in [5.74, 6) is 4.31. The van der Waals surface area contributed by atoms with Gasteiger partial charge in [-0.05, 0) is 74.0 Å². The van der Waals surface area contributed by atoms with Gasteiger partial charge in [0.25, 0.3) is 0 Å². The van der Waals surface area contributed by atoms with Gasteiger partial charge in [-0.2, -0.15) is 0 Å². The Morgan fingerprint density at radius 1 is 0.950 bits per heavy atom. The summed E-state index contributed by atoms with van der Waals surface area (Å²) in [5.41, 5.74) is -1.64. The highest BCUT2D eigenvalue weighted by Gasteiger charge is 2.74. The second kappa shape index (κ2) is 3.58. The molecule has 0 saturated heterocycles. The number of thiol groups is 1. The monoisotopic (exact) mass is 298 g/mol. The van der Waals surface area contributed by atoms with Gasteiger partial charge in [-0.15, -0.1) is 12.6 Å². The van der Waals surface area contributed by atoms with E-state index >= 15 is 4.39 Å². The lowest BCUT2D eigenvalue weighted by atomic mass is 9.56. The third-order valence-corrected chi connectivity index (χ3v) is 8.97. The van der Waals surface area contributed by atoms with Crippen molar-refractivity contribution in [2.24, 2.45) is 47.3 Å². The molecule has 20 heavy (non-hydrogen) atoms. The molecule has 3 heteroatoms. The van der Waals surface area contributed by atoms with Gasteiger partial charge >= 0.3 is 0 Å². The Hall–Kier alpha value is 0.210. The van der Waals surface area contributed by atoms with Crippen LogP contribution in [0.5, 0.6) is 0 Å². The first-order chi connectivity index (χ1) is 9.43. The first kappa shape index (κ1) is 12.7. The summed E-state index contributed by atoms with van der Waals surface area (Å²) >= 11 is 4.10. The third-order valence-electron chi connectivity index (χ3n) is 8.16. The Morgan fingerprint density at radius 2 is 1.65 bits per heavy atom. The van der Waals surface area contributed by atoms with Crippen LogP contribution < -0.4 is 0 Å². The van der Waals surface area contributed by atoms with E-state index in [1.807, 2.05) is 0 Å². The molecule has 5 fully saturated rings. The van der Waals surface area contributed by atoms with Crippen molar-refractivity contribution in [1.82, 2.24) is 0 Å². The highest BCUT2D eigenvalue weighted by Crippen LogP contribution is 2.73. The lowest BCUT2D eigenvalue weighted by molar-refractivity contribution is -0.165. The molecule has 10 unspecified atom stereocenters. The van der Waals surface area contributed by atoms with Crippen molar-refractivity contribution >= 4 is 12.6 Å². The number of fused-ring (bicyclic) bond motifs is 9. The van der Waals surface area contributed by atoms with Crippen LogP contribution in [-0.4, -0.2) is 10.7 Å². The number of halogens is 2. The summed E-state index contributed by atoms with van der Waals surface area (Å²) < 4.78 is 30.0. The second-order valence-electron chi connectivity index (χ2n) is 8.63. The number of alkyl halides is 2. The second-order valence-corrected chi connectivity index (χ2v) is 9.28. The highest BCUT2D eigenvalue weighted by atomic mass is 32.1. The maximum Gasteiger partial charge on any atom is 0.190 e. The Balaban J connectivity index is 1.46. The molecule has 0 nitrogen and oxygen atoms in total. The number of rotatable bonds is 1. The highest BCUT2D eigenvalue weighted by molar-refractivity contribution is 7.81. The van der Waals surface area contributed by atoms with Crippen molar-refractivity contribution in [2.45, 2.75) is 56.1 Å². The molecule has 112 valence electrons. The summed E-state index contributed by atoms with van der Waals surface area (Å²) in [7, 11) is 0. The van der Waals surface area contributed by atoms with Crippen molar-refractivity contribution < 1.29 is 8.78 Å². The first-order valence-electron chi connectivity index (χ1n) is 8.53. The molecule has 0 heterocycles. The fourth-order valence-corrected chi connectivity index (χ4v) is 7.85. The van der Waals surface area contributed by atoms with E-state index in [0.29, 0.717) is 18.3 Å². The molecule has 5 rings (SSSR count). The van der Waals surface area contributed by atoms with Gasteiger partial charge in [-0.1, -0.05) is 6.92 Å². The minimum atomic E-state index is -1.88. The summed E-state index contributed by atoms with van der Waals surface area (Å²) in [6.45, 7) is 1.80. The van der Waals surface area contributed by atoms with Crippen molar-refractivity contribution in [3.63, 3.8) is 0 Å². The molecule has 10 atom stereocenters. The zero-order chi connectivity index (χ0) is 13.9. The zero-order valence-corrected chi connectivity index (χ0v) is 13.0. The average molecular weight is 298 g/mol. The fraction of sp³-hybridized carbons (Fsp3) is 1.00. The van der Waals surface area contributed by atoms with E-state index in [0.717, 1.165) is 30.1 Å².